The van der Waals surface area contributed by atoms with Crippen LogP contribution >= 0.6 is 24.0 Å². The number of carbonyl (C=O) groups is 1. The van der Waals surface area contributed by atoms with Gasteiger partial charge in [0.25, 0.3) is 0 Å². The van der Waals surface area contributed by atoms with E-state index in [1.54, 1.807) is 0 Å². The molecule has 8 heteroatoms. The number of amides is 1. The van der Waals surface area contributed by atoms with Gasteiger partial charge in [-0.25, -0.2) is 0 Å². The molecule has 1 heterocycles. The van der Waals surface area contributed by atoms with Crippen LogP contribution in [-0.2, 0) is 11.3 Å². The molecule has 0 bridgehead atoms. The SMILES string of the molecule is C[C@H]1C[C@@H](C(=O)NCc2cc(Cl)ccc2OC(F)F)CCN1.Cl. The standard InChI is InChI=1S/C15H19ClF2N2O2.ClH/c1-9-6-10(4-5-19-9)14(21)20-8-11-7-12(16)2-3-13(11)22-15(17)18;/h2-3,7,9-10,15,19H,4-6,8H2,1H3,(H,20,21);1H/t9-,10-;/m0./s1. The normalized spacial score (nSPS) is 20.7. The minimum absolute atomic E-state index is 0. The third kappa shape index (κ3) is 6.12. The van der Waals surface area contributed by atoms with Crippen molar-refractivity contribution >= 4 is 29.9 Å². The van der Waals surface area contributed by atoms with E-state index in [-0.39, 0.29) is 36.5 Å². The molecule has 4 nitrogen and oxygen atoms in total. The molecule has 0 aliphatic carbocycles. The van der Waals surface area contributed by atoms with E-state index >= 15 is 0 Å². The average Bonchev–Trinajstić information content (AvgIpc) is 2.46. The first kappa shape index (κ1) is 19.9. The number of hydrogen-bond acceptors (Lipinski definition) is 3. The Balaban J connectivity index is 0.00000264. The van der Waals surface area contributed by atoms with Gasteiger partial charge in [-0.2, -0.15) is 8.78 Å². The van der Waals surface area contributed by atoms with Gasteiger partial charge in [-0.15, -0.1) is 12.4 Å². The predicted octanol–water partition coefficient (Wildman–Crippen LogP) is 3.37. The Morgan fingerprint density at radius 3 is 2.91 bits per heavy atom. The van der Waals surface area contributed by atoms with Gasteiger partial charge in [-0.05, 0) is 44.5 Å². The van der Waals surface area contributed by atoms with Gasteiger partial charge in [0.1, 0.15) is 5.75 Å². The maximum Gasteiger partial charge on any atom is 0.387 e. The molecule has 2 N–H and O–H groups in total. The third-order valence-electron chi connectivity index (χ3n) is 3.69. The largest absolute Gasteiger partial charge is 0.434 e. The Morgan fingerprint density at radius 2 is 2.26 bits per heavy atom. The summed E-state index contributed by atoms with van der Waals surface area (Å²) in [7, 11) is 0. The number of rotatable bonds is 5. The van der Waals surface area contributed by atoms with Crippen molar-refractivity contribution in [3.8, 4) is 5.75 Å². The number of alkyl halides is 2. The van der Waals surface area contributed by atoms with Gasteiger partial charge in [0.2, 0.25) is 5.91 Å². The highest BCUT2D eigenvalue weighted by molar-refractivity contribution is 6.30. The number of halogens is 4. The Bertz CT molecular complexity index is 532. The van der Waals surface area contributed by atoms with Crippen molar-refractivity contribution in [3.63, 3.8) is 0 Å². The summed E-state index contributed by atoms with van der Waals surface area (Å²) in [5, 5.41) is 6.46. The highest BCUT2D eigenvalue weighted by Crippen LogP contribution is 2.25. The van der Waals surface area contributed by atoms with Gasteiger partial charge in [-0.1, -0.05) is 11.6 Å². The topological polar surface area (TPSA) is 50.4 Å². The number of ether oxygens (including phenoxy) is 1. The lowest BCUT2D eigenvalue weighted by Crippen LogP contribution is -2.42. The average molecular weight is 369 g/mol. The van der Waals surface area contributed by atoms with Crippen LogP contribution in [0.25, 0.3) is 0 Å². The van der Waals surface area contributed by atoms with Gasteiger partial charge >= 0.3 is 6.61 Å². The molecule has 23 heavy (non-hydrogen) atoms. The number of carbonyl (C=O) groups excluding carboxylic acids is 1. The van der Waals surface area contributed by atoms with Crippen molar-refractivity contribution in [2.45, 2.75) is 39.0 Å². The van der Waals surface area contributed by atoms with Crippen molar-refractivity contribution in [3.05, 3.63) is 28.8 Å². The quantitative estimate of drug-likeness (QED) is 0.837. The van der Waals surface area contributed by atoms with Gasteiger partial charge in [0.15, 0.2) is 0 Å². The summed E-state index contributed by atoms with van der Waals surface area (Å²) < 4.78 is 29.2. The predicted molar refractivity (Wildman–Crippen MR) is 87.4 cm³/mol. The number of nitrogens with one attached hydrogen (secondary N) is 2. The number of benzene rings is 1. The lowest BCUT2D eigenvalue weighted by atomic mass is 9.92. The first-order valence-electron chi connectivity index (χ1n) is 7.20. The van der Waals surface area contributed by atoms with Crippen molar-refractivity contribution in [1.82, 2.24) is 10.6 Å². The molecule has 1 amide bonds. The maximum atomic E-state index is 12.4. The first-order valence-corrected chi connectivity index (χ1v) is 7.58. The molecule has 0 unspecified atom stereocenters. The van der Waals surface area contributed by atoms with Crippen LogP contribution in [0.5, 0.6) is 5.75 Å². The monoisotopic (exact) mass is 368 g/mol. The van der Waals surface area contributed by atoms with Crippen LogP contribution in [-0.4, -0.2) is 25.1 Å². The van der Waals surface area contributed by atoms with E-state index in [9.17, 15) is 13.6 Å². The fraction of sp³-hybridized carbons (Fsp3) is 0.533. The van der Waals surface area contributed by atoms with Crippen LogP contribution in [0, 0.1) is 5.92 Å². The molecule has 130 valence electrons. The first-order chi connectivity index (χ1) is 10.5. The lowest BCUT2D eigenvalue weighted by Gasteiger charge is -2.27. The van der Waals surface area contributed by atoms with E-state index in [0.717, 1.165) is 19.4 Å². The summed E-state index contributed by atoms with van der Waals surface area (Å²) in [6.45, 7) is 0.0295. The smallest absolute Gasteiger partial charge is 0.387 e. The van der Waals surface area contributed by atoms with Crippen LogP contribution in [0.4, 0.5) is 8.78 Å². The fourth-order valence-electron chi connectivity index (χ4n) is 2.59. The zero-order chi connectivity index (χ0) is 16.1. The van der Waals surface area contributed by atoms with Crippen LogP contribution in [0.3, 0.4) is 0 Å². The van der Waals surface area contributed by atoms with Gasteiger partial charge in [0, 0.05) is 29.1 Å². The molecule has 1 saturated heterocycles. The highest BCUT2D eigenvalue weighted by Gasteiger charge is 2.24. The van der Waals surface area contributed by atoms with Gasteiger partial charge in [-0.3, -0.25) is 4.79 Å². The molecule has 1 aromatic carbocycles. The molecular formula is C15H20Cl2F2N2O2. The number of piperidine rings is 1. The van der Waals surface area contributed by atoms with E-state index in [2.05, 4.69) is 15.4 Å². The van der Waals surface area contributed by atoms with Crippen molar-refractivity contribution in [1.29, 1.82) is 0 Å². The zero-order valence-electron chi connectivity index (χ0n) is 12.7. The molecular weight excluding hydrogens is 349 g/mol. The number of hydrogen-bond donors (Lipinski definition) is 2. The lowest BCUT2D eigenvalue weighted by molar-refractivity contribution is -0.126. The summed E-state index contributed by atoms with van der Waals surface area (Å²) >= 11 is 5.87. The Labute approximate surface area is 145 Å². The van der Waals surface area contributed by atoms with Gasteiger partial charge < -0.3 is 15.4 Å². The molecule has 1 fully saturated rings. The minimum Gasteiger partial charge on any atom is -0.434 e. The maximum absolute atomic E-state index is 12.4. The molecule has 2 atom stereocenters. The van der Waals surface area contributed by atoms with E-state index < -0.39 is 6.61 Å². The summed E-state index contributed by atoms with van der Waals surface area (Å²) in [5.74, 6) is -0.107. The molecule has 0 aromatic heterocycles. The molecule has 2 rings (SSSR count). The summed E-state index contributed by atoms with van der Waals surface area (Å²) in [4.78, 5) is 12.2. The van der Waals surface area contributed by atoms with Crippen molar-refractivity contribution < 1.29 is 18.3 Å². The van der Waals surface area contributed by atoms with Crippen LogP contribution in [0.1, 0.15) is 25.3 Å². The van der Waals surface area contributed by atoms with Gasteiger partial charge in [0.05, 0.1) is 0 Å². The van der Waals surface area contributed by atoms with Crippen LogP contribution in [0.2, 0.25) is 5.02 Å². The third-order valence-corrected chi connectivity index (χ3v) is 3.92. The van der Waals surface area contributed by atoms with Crippen LogP contribution in [0.15, 0.2) is 18.2 Å². The van der Waals surface area contributed by atoms with E-state index in [1.807, 2.05) is 6.92 Å². The second-order valence-electron chi connectivity index (χ2n) is 5.42. The summed E-state index contributed by atoms with van der Waals surface area (Å²) in [5.41, 5.74) is 0.433. The second-order valence-corrected chi connectivity index (χ2v) is 5.86. The van der Waals surface area contributed by atoms with Crippen molar-refractivity contribution in [2.24, 2.45) is 5.92 Å². The van der Waals surface area contributed by atoms with Crippen molar-refractivity contribution in [2.75, 3.05) is 6.54 Å². The molecule has 0 radical (unpaired) electrons. The summed E-state index contributed by atoms with van der Waals surface area (Å²) in [6, 6.07) is 4.67. The molecule has 1 aliphatic heterocycles. The Morgan fingerprint density at radius 1 is 1.52 bits per heavy atom. The second kappa shape index (κ2) is 9.25. The Hall–Kier alpha value is -1.11. The molecule has 0 saturated carbocycles. The fourth-order valence-corrected chi connectivity index (χ4v) is 2.79. The van der Waals surface area contributed by atoms with E-state index in [1.165, 1.54) is 18.2 Å². The van der Waals surface area contributed by atoms with E-state index in [0.29, 0.717) is 16.6 Å². The molecule has 0 spiro atoms. The minimum atomic E-state index is -2.92. The molecule has 1 aromatic rings. The summed E-state index contributed by atoms with van der Waals surface area (Å²) in [6.07, 6.45) is 1.54. The zero-order valence-corrected chi connectivity index (χ0v) is 14.2. The molecule has 1 aliphatic rings. The van der Waals surface area contributed by atoms with E-state index in [4.69, 9.17) is 11.6 Å². The Kier molecular flexibility index (Phi) is 8.02. The van der Waals surface area contributed by atoms with Crippen LogP contribution < -0.4 is 15.4 Å². The highest BCUT2D eigenvalue weighted by atomic mass is 35.5.